The van der Waals surface area contributed by atoms with Crippen LogP contribution in [0.2, 0.25) is 0 Å². The molecule has 0 amide bonds. The quantitative estimate of drug-likeness (QED) is 0.203. The third-order valence-corrected chi connectivity index (χ3v) is 8.83. The molecule has 2 saturated heterocycles. The van der Waals surface area contributed by atoms with Crippen molar-refractivity contribution in [3.8, 4) is 17.6 Å². The molecular weight excluding hydrogens is 625 g/mol. The number of hydrogen-bond acceptors (Lipinski definition) is 7. The number of likely N-dealkylation sites (tertiary alicyclic amines) is 1. The van der Waals surface area contributed by atoms with Crippen molar-refractivity contribution < 1.29 is 40.2 Å². The van der Waals surface area contributed by atoms with Crippen LogP contribution in [-0.4, -0.2) is 82.9 Å². The average Bonchev–Trinajstić information content (AvgIpc) is 3.32. The highest BCUT2D eigenvalue weighted by Crippen LogP contribution is 2.40. The van der Waals surface area contributed by atoms with Gasteiger partial charge < -0.3 is 29.9 Å². The van der Waals surface area contributed by atoms with E-state index in [0.29, 0.717) is 36.4 Å². The molecule has 0 radical (unpaired) electrons. The average molecular weight is 659 g/mol. The molecule has 0 saturated carbocycles. The van der Waals surface area contributed by atoms with Gasteiger partial charge in [-0.05, 0) is 50.0 Å². The predicted octanol–water partition coefficient (Wildman–Crippen LogP) is 6.89. The third kappa shape index (κ3) is 8.86. The van der Waals surface area contributed by atoms with Gasteiger partial charge in [-0.25, -0.2) is 4.39 Å². The highest BCUT2D eigenvalue weighted by Gasteiger charge is 2.32. The molecule has 2 aliphatic rings. The monoisotopic (exact) mass is 658 g/mol. The maximum absolute atomic E-state index is 15.1. The van der Waals surface area contributed by atoms with Crippen molar-refractivity contribution in [1.82, 2.24) is 4.90 Å². The van der Waals surface area contributed by atoms with Crippen molar-refractivity contribution in [1.29, 1.82) is 0 Å². The van der Waals surface area contributed by atoms with Crippen molar-refractivity contribution in [2.75, 3.05) is 75.1 Å². The minimum absolute atomic E-state index is 0.0560. The number of piperidine rings is 1. The zero-order valence-electron chi connectivity index (χ0n) is 24.5. The summed E-state index contributed by atoms with van der Waals surface area (Å²) in [4.78, 5) is 4.12. The Hall–Kier alpha value is -3.41. The molecule has 5 rings (SSSR count). The van der Waals surface area contributed by atoms with Crippen LogP contribution in [0.1, 0.15) is 23.3 Å². The van der Waals surface area contributed by atoms with Crippen LogP contribution in [0.4, 0.5) is 47.8 Å². The normalized spacial score (nSPS) is 16.8. The molecule has 2 fully saturated rings. The zero-order valence-corrected chi connectivity index (χ0v) is 25.3. The summed E-state index contributed by atoms with van der Waals surface area (Å²) in [6, 6.07) is 7.66. The lowest BCUT2D eigenvalue weighted by molar-refractivity contribution is -0.153. The number of morpholine rings is 1. The highest BCUT2D eigenvalue weighted by atomic mass is 32.1. The van der Waals surface area contributed by atoms with Crippen LogP contribution in [0, 0.1) is 17.7 Å². The van der Waals surface area contributed by atoms with Gasteiger partial charge in [-0.3, -0.25) is 0 Å². The van der Waals surface area contributed by atoms with Gasteiger partial charge in [0.1, 0.15) is 11.6 Å². The summed E-state index contributed by atoms with van der Waals surface area (Å²) >= 11 is 1.16. The molecule has 244 valence electrons. The van der Waals surface area contributed by atoms with E-state index < -0.39 is 31.2 Å². The Morgan fingerprint density at radius 1 is 1.00 bits per heavy atom. The Morgan fingerprint density at radius 3 is 2.42 bits per heavy atom. The number of hydrogen-bond donors (Lipinski definition) is 2. The van der Waals surface area contributed by atoms with E-state index in [2.05, 4.69) is 27.4 Å². The molecule has 2 N–H and O–H groups in total. The smallest absolute Gasteiger partial charge is 0.422 e. The number of nitrogens with zero attached hydrogens (tertiary/aromatic N) is 2. The standard InChI is InChI=1S/C31H33F7N4O2S/c1-41-10-7-20(8-11-41)40-24-5-2-4-21-22(18-30(33,34)35)28(45-29(21)24)6-3-9-39-25-16-23(32)26(42-12-14-43-15-13-42)17-27(25)44-19-31(36,37)38/h2,4-5,16-17,20,39-40H,7-15,18-19H2,1H3. The van der Waals surface area contributed by atoms with Crippen LogP contribution in [-0.2, 0) is 11.2 Å². The van der Waals surface area contributed by atoms with Gasteiger partial charge in [0.05, 0.1) is 52.8 Å². The first-order valence-electron chi connectivity index (χ1n) is 14.5. The van der Waals surface area contributed by atoms with Crippen LogP contribution in [0.3, 0.4) is 0 Å². The van der Waals surface area contributed by atoms with Gasteiger partial charge in [0, 0.05) is 31.3 Å². The molecule has 0 spiro atoms. The number of thiophene rings is 1. The lowest BCUT2D eigenvalue weighted by Crippen LogP contribution is -2.36. The summed E-state index contributed by atoms with van der Waals surface area (Å²) in [6.45, 7) is 1.48. The molecule has 0 unspecified atom stereocenters. The van der Waals surface area contributed by atoms with Crippen LogP contribution in [0.25, 0.3) is 10.1 Å². The number of nitrogens with one attached hydrogen (secondary N) is 2. The number of rotatable bonds is 8. The molecular formula is C31H33F7N4O2S. The molecule has 2 aromatic carbocycles. The summed E-state index contributed by atoms with van der Waals surface area (Å²) in [5.41, 5.74) is 0.847. The molecule has 45 heavy (non-hydrogen) atoms. The van der Waals surface area contributed by atoms with E-state index >= 15 is 4.39 Å². The topological polar surface area (TPSA) is 49.0 Å². The van der Waals surface area contributed by atoms with Gasteiger partial charge in [0.2, 0.25) is 0 Å². The van der Waals surface area contributed by atoms with Crippen molar-refractivity contribution >= 4 is 38.5 Å². The Bertz CT molecular complexity index is 1530. The van der Waals surface area contributed by atoms with Crippen molar-refractivity contribution in [3.05, 3.63) is 46.6 Å². The molecule has 3 aromatic rings. The van der Waals surface area contributed by atoms with Crippen molar-refractivity contribution in [2.24, 2.45) is 0 Å². The zero-order chi connectivity index (χ0) is 32.2. The molecule has 0 bridgehead atoms. The summed E-state index contributed by atoms with van der Waals surface area (Å²) in [5, 5.41) is 6.75. The summed E-state index contributed by atoms with van der Waals surface area (Å²) in [5.74, 6) is 4.70. The number of benzene rings is 2. The molecule has 0 atom stereocenters. The molecule has 3 heterocycles. The fourth-order valence-corrected chi connectivity index (χ4v) is 6.58. The number of ether oxygens (including phenoxy) is 2. The first-order valence-corrected chi connectivity index (χ1v) is 15.3. The van der Waals surface area contributed by atoms with Crippen LogP contribution >= 0.6 is 11.3 Å². The number of fused-ring (bicyclic) bond motifs is 1. The highest BCUT2D eigenvalue weighted by molar-refractivity contribution is 7.20. The number of halogens is 7. The molecule has 0 aliphatic carbocycles. The Morgan fingerprint density at radius 2 is 1.73 bits per heavy atom. The molecule has 14 heteroatoms. The summed E-state index contributed by atoms with van der Waals surface area (Å²) in [6.07, 6.45) is -8.43. The summed E-state index contributed by atoms with van der Waals surface area (Å²) < 4.78 is 106. The Balaban J connectivity index is 1.39. The van der Waals surface area contributed by atoms with Crippen LogP contribution in [0.15, 0.2) is 30.3 Å². The van der Waals surface area contributed by atoms with E-state index in [1.807, 2.05) is 13.1 Å². The van der Waals surface area contributed by atoms with E-state index in [9.17, 15) is 26.3 Å². The third-order valence-electron chi connectivity index (χ3n) is 7.64. The van der Waals surface area contributed by atoms with Crippen LogP contribution < -0.4 is 20.3 Å². The Labute approximate surface area is 260 Å². The maximum Gasteiger partial charge on any atom is 0.422 e. The number of anilines is 3. The first-order chi connectivity index (χ1) is 21.4. The van der Waals surface area contributed by atoms with Gasteiger partial charge in [0.15, 0.2) is 6.61 Å². The largest absolute Gasteiger partial charge is 0.482 e. The van der Waals surface area contributed by atoms with E-state index in [-0.39, 0.29) is 40.2 Å². The SMILES string of the molecule is CN1CCC(Nc2cccc3c(CC(F)(F)F)c(C#CCNc4cc(F)c(N5CCOCC5)cc4OCC(F)(F)F)sc23)CC1. The van der Waals surface area contributed by atoms with E-state index in [1.165, 1.54) is 6.07 Å². The minimum atomic E-state index is -4.62. The number of alkyl halides is 6. The van der Waals surface area contributed by atoms with E-state index in [4.69, 9.17) is 9.47 Å². The maximum atomic E-state index is 15.1. The molecule has 6 nitrogen and oxygen atoms in total. The van der Waals surface area contributed by atoms with Gasteiger partial charge in [0.25, 0.3) is 0 Å². The molecule has 1 aromatic heterocycles. The van der Waals surface area contributed by atoms with E-state index in [0.717, 1.165) is 49.0 Å². The second-order valence-electron chi connectivity index (χ2n) is 11.1. The van der Waals surface area contributed by atoms with Crippen molar-refractivity contribution in [2.45, 2.75) is 37.7 Å². The van der Waals surface area contributed by atoms with Gasteiger partial charge in [-0.2, -0.15) is 26.3 Å². The fourth-order valence-electron chi connectivity index (χ4n) is 5.40. The van der Waals surface area contributed by atoms with Crippen molar-refractivity contribution in [3.63, 3.8) is 0 Å². The predicted molar refractivity (Wildman–Crippen MR) is 162 cm³/mol. The lowest BCUT2D eigenvalue weighted by atomic mass is 10.0. The lowest BCUT2D eigenvalue weighted by Gasteiger charge is -2.30. The fraction of sp³-hybridized carbons (Fsp3) is 0.484. The second-order valence-corrected chi connectivity index (χ2v) is 12.1. The second kappa shape index (κ2) is 13.9. The van der Waals surface area contributed by atoms with E-state index in [1.54, 1.807) is 17.0 Å². The van der Waals surface area contributed by atoms with Gasteiger partial charge in [-0.15, -0.1) is 11.3 Å². The van der Waals surface area contributed by atoms with Gasteiger partial charge >= 0.3 is 12.4 Å². The minimum Gasteiger partial charge on any atom is -0.482 e. The summed E-state index contributed by atoms with van der Waals surface area (Å²) in [7, 11) is 2.05. The van der Waals surface area contributed by atoms with Gasteiger partial charge in [-0.1, -0.05) is 24.0 Å². The first kappa shape index (κ1) is 33.0. The Kier molecular flexibility index (Phi) is 10.2. The van der Waals surface area contributed by atoms with Crippen LogP contribution in [0.5, 0.6) is 5.75 Å². The molecule has 2 aliphatic heterocycles.